The van der Waals surface area contributed by atoms with Crippen LogP contribution in [0.5, 0.6) is 0 Å². The van der Waals surface area contributed by atoms with Crippen molar-refractivity contribution in [3.05, 3.63) is 54.2 Å². The molecular weight excluding hydrogens is 254 g/mol. The molecule has 0 aliphatic heterocycles. The average molecular weight is 269 g/mol. The maximum absolute atomic E-state index is 11.0. The van der Waals surface area contributed by atoms with Crippen LogP contribution in [0.3, 0.4) is 0 Å². The molecule has 20 heavy (non-hydrogen) atoms. The van der Waals surface area contributed by atoms with Gasteiger partial charge in [-0.05, 0) is 31.2 Å². The number of carboxylic acid groups (broad SMARTS) is 1. The van der Waals surface area contributed by atoms with Gasteiger partial charge in [-0.1, -0.05) is 0 Å². The van der Waals surface area contributed by atoms with Crippen molar-refractivity contribution in [3.63, 3.8) is 0 Å². The van der Waals surface area contributed by atoms with Crippen LogP contribution in [0.15, 0.2) is 42.9 Å². The van der Waals surface area contributed by atoms with Crippen LogP contribution in [-0.4, -0.2) is 25.2 Å². The second-order valence-corrected chi connectivity index (χ2v) is 4.65. The lowest BCUT2D eigenvalue weighted by molar-refractivity contribution is 0.0697. The number of aromatic nitrogens is 3. The Kier molecular flexibility index (Phi) is 3.02. The lowest BCUT2D eigenvalue weighted by atomic mass is 10.1. The van der Waals surface area contributed by atoms with E-state index in [1.165, 1.54) is 0 Å². The van der Waals surface area contributed by atoms with E-state index in [-0.39, 0.29) is 0 Å². The molecule has 0 fully saturated rings. The van der Waals surface area contributed by atoms with Gasteiger partial charge in [-0.25, -0.2) is 9.78 Å². The predicted octanol–water partition coefficient (Wildman–Crippen LogP) is 2.60. The lowest BCUT2D eigenvalue weighted by Gasteiger charge is -2.07. The average Bonchev–Trinajstić information content (AvgIpc) is 3.05. The van der Waals surface area contributed by atoms with Crippen LogP contribution < -0.4 is 0 Å². The predicted molar refractivity (Wildman–Crippen MR) is 75.9 cm³/mol. The van der Waals surface area contributed by atoms with Crippen LogP contribution >= 0.6 is 0 Å². The maximum atomic E-state index is 11.0. The lowest BCUT2D eigenvalue weighted by Crippen LogP contribution is -2.06. The Morgan fingerprint density at radius 3 is 2.85 bits per heavy atom. The standard InChI is InChI=1S/C15H15N3O2/c1-2-17-8-6-16-14(17)10-18-7-5-11-9-12(15(19)20)3-4-13(11)18/h3-9H,2,10H2,1H3,(H,19,20). The minimum Gasteiger partial charge on any atom is -0.478 e. The normalized spacial score (nSPS) is 11.1. The third kappa shape index (κ3) is 2.07. The monoisotopic (exact) mass is 269 g/mol. The summed E-state index contributed by atoms with van der Waals surface area (Å²) < 4.78 is 4.17. The Labute approximate surface area is 116 Å². The van der Waals surface area contributed by atoms with Gasteiger partial charge in [-0.3, -0.25) is 0 Å². The van der Waals surface area contributed by atoms with Crippen molar-refractivity contribution >= 4 is 16.9 Å². The molecule has 3 rings (SSSR count). The van der Waals surface area contributed by atoms with Gasteiger partial charge < -0.3 is 14.2 Å². The third-order valence-electron chi connectivity index (χ3n) is 3.47. The van der Waals surface area contributed by atoms with Crippen molar-refractivity contribution in [2.24, 2.45) is 0 Å². The van der Waals surface area contributed by atoms with Crippen LogP contribution in [0.4, 0.5) is 0 Å². The summed E-state index contributed by atoms with van der Waals surface area (Å²) >= 11 is 0. The first kappa shape index (κ1) is 12.5. The number of rotatable bonds is 4. The zero-order valence-electron chi connectivity index (χ0n) is 11.2. The summed E-state index contributed by atoms with van der Waals surface area (Å²) in [4.78, 5) is 15.3. The summed E-state index contributed by atoms with van der Waals surface area (Å²) in [6.45, 7) is 3.65. The maximum Gasteiger partial charge on any atom is 0.335 e. The molecule has 5 nitrogen and oxygen atoms in total. The largest absolute Gasteiger partial charge is 0.478 e. The molecule has 0 atom stereocenters. The molecule has 1 aromatic carbocycles. The van der Waals surface area contributed by atoms with Gasteiger partial charge in [0.05, 0.1) is 12.1 Å². The minimum absolute atomic E-state index is 0.310. The Morgan fingerprint density at radius 2 is 2.10 bits per heavy atom. The molecule has 2 heterocycles. The van der Waals surface area contributed by atoms with E-state index in [2.05, 4.69) is 21.0 Å². The second-order valence-electron chi connectivity index (χ2n) is 4.65. The molecular formula is C15H15N3O2. The fourth-order valence-corrected chi connectivity index (χ4v) is 2.40. The highest BCUT2D eigenvalue weighted by Gasteiger charge is 2.08. The van der Waals surface area contributed by atoms with Crippen LogP contribution in [0.25, 0.3) is 10.9 Å². The van der Waals surface area contributed by atoms with Crippen LogP contribution in [-0.2, 0) is 13.1 Å². The number of hydrogen-bond donors (Lipinski definition) is 1. The number of imidazole rings is 1. The van der Waals surface area contributed by atoms with E-state index in [0.29, 0.717) is 12.1 Å². The molecule has 1 N–H and O–H groups in total. The number of carbonyl (C=O) groups is 1. The zero-order valence-corrected chi connectivity index (χ0v) is 11.2. The zero-order chi connectivity index (χ0) is 14.1. The molecule has 0 spiro atoms. The smallest absolute Gasteiger partial charge is 0.335 e. The molecule has 102 valence electrons. The van der Waals surface area contributed by atoms with Gasteiger partial charge >= 0.3 is 5.97 Å². The molecule has 2 aromatic heterocycles. The van der Waals surface area contributed by atoms with Crippen LogP contribution in [0, 0.1) is 0 Å². The Balaban J connectivity index is 1.99. The fraction of sp³-hybridized carbons (Fsp3) is 0.200. The van der Waals surface area contributed by atoms with Crippen molar-refractivity contribution < 1.29 is 9.90 Å². The Bertz CT molecular complexity index is 770. The van der Waals surface area contributed by atoms with Gasteiger partial charge in [0.2, 0.25) is 0 Å². The number of carboxylic acids is 1. The van der Waals surface area contributed by atoms with E-state index in [0.717, 1.165) is 23.3 Å². The van der Waals surface area contributed by atoms with E-state index in [9.17, 15) is 4.79 Å². The highest BCUT2D eigenvalue weighted by Crippen LogP contribution is 2.19. The molecule has 0 aliphatic carbocycles. The van der Waals surface area contributed by atoms with Gasteiger partial charge in [0, 0.05) is 36.0 Å². The summed E-state index contributed by atoms with van der Waals surface area (Å²) in [5.74, 6) is 0.0912. The highest BCUT2D eigenvalue weighted by molar-refractivity contribution is 5.93. The molecule has 5 heteroatoms. The number of aryl methyl sites for hydroxylation is 1. The topological polar surface area (TPSA) is 60.0 Å². The summed E-state index contributed by atoms with van der Waals surface area (Å²) in [7, 11) is 0. The third-order valence-corrected chi connectivity index (χ3v) is 3.47. The van der Waals surface area contributed by atoms with Gasteiger partial charge in [0.15, 0.2) is 0 Å². The molecule has 0 radical (unpaired) electrons. The van der Waals surface area contributed by atoms with Crippen molar-refractivity contribution in [1.29, 1.82) is 0 Å². The first-order chi connectivity index (χ1) is 9.69. The van der Waals surface area contributed by atoms with Crippen molar-refractivity contribution in [3.8, 4) is 0 Å². The quantitative estimate of drug-likeness (QED) is 0.792. The second kappa shape index (κ2) is 4.85. The van der Waals surface area contributed by atoms with E-state index in [1.807, 2.05) is 24.5 Å². The number of fused-ring (bicyclic) bond motifs is 1. The number of benzene rings is 1. The van der Waals surface area contributed by atoms with Gasteiger partial charge in [0.25, 0.3) is 0 Å². The van der Waals surface area contributed by atoms with E-state index >= 15 is 0 Å². The van der Waals surface area contributed by atoms with Gasteiger partial charge in [0.1, 0.15) is 5.82 Å². The molecule has 0 bridgehead atoms. The van der Waals surface area contributed by atoms with Gasteiger partial charge in [-0.2, -0.15) is 0 Å². The molecule has 0 amide bonds. The first-order valence-corrected chi connectivity index (χ1v) is 6.51. The number of aromatic carboxylic acids is 1. The van der Waals surface area contributed by atoms with Crippen LogP contribution in [0.1, 0.15) is 23.1 Å². The SMILES string of the molecule is CCn1ccnc1Cn1ccc2cc(C(=O)O)ccc21. The summed E-state index contributed by atoms with van der Waals surface area (Å²) in [5.41, 5.74) is 1.32. The Hall–Kier alpha value is -2.56. The van der Waals surface area contributed by atoms with E-state index in [1.54, 1.807) is 18.3 Å². The molecule has 0 saturated heterocycles. The Morgan fingerprint density at radius 1 is 1.25 bits per heavy atom. The summed E-state index contributed by atoms with van der Waals surface area (Å²) in [6.07, 6.45) is 5.72. The van der Waals surface area contributed by atoms with E-state index in [4.69, 9.17) is 5.11 Å². The van der Waals surface area contributed by atoms with Crippen molar-refractivity contribution in [1.82, 2.24) is 14.1 Å². The minimum atomic E-state index is -0.902. The van der Waals surface area contributed by atoms with Crippen molar-refractivity contribution in [2.75, 3.05) is 0 Å². The first-order valence-electron chi connectivity index (χ1n) is 6.51. The number of hydrogen-bond acceptors (Lipinski definition) is 2. The van der Waals surface area contributed by atoms with E-state index < -0.39 is 5.97 Å². The summed E-state index contributed by atoms with van der Waals surface area (Å²) in [5, 5.41) is 9.94. The van der Waals surface area contributed by atoms with Gasteiger partial charge in [-0.15, -0.1) is 0 Å². The molecule has 0 aliphatic rings. The molecule has 0 saturated carbocycles. The van der Waals surface area contributed by atoms with Crippen molar-refractivity contribution in [2.45, 2.75) is 20.0 Å². The summed E-state index contributed by atoms with van der Waals surface area (Å²) in [6, 6.07) is 7.10. The number of nitrogens with zero attached hydrogens (tertiary/aromatic N) is 3. The van der Waals surface area contributed by atoms with Crippen LogP contribution in [0.2, 0.25) is 0 Å². The highest BCUT2D eigenvalue weighted by atomic mass is 16.4. The fourth-order valence-electron chi connectivity index (χ4n) is 2.40. The molecule has 0 unspecified atom stereocenters. The molecule has 3 aromatic rings.